The molecule has 0 saturated heterocycles. The minimum atomic E-state index is -4.03. The van der Waals surface area contributed by atoms with E-state index in [4.69, 9.17) is 5.11 Å². The summed E-state index contributed by atoms with van der Waals surface area (Å²) in [6, 6.07) is 1.29. The van der Waals surface area contributed by atoms with Crippen molar-refractivity contribution in [3.63, 3.8) is 0 Å². The summed E-state index contributed by atoms with van der Waals surface area (Å²) in [6.07, 6.45) is -4.03. The number of alkyl halides is 2. The van der Waals surface area contributed by atoms with Gasteiger partial charge >= 0.3 is 12.3 Å². The first-order chi connectivity index (χ1) is 7.80. The van der Waals surface area contributed by atoms with Gasteiger partial charge < -0.3 is 14.6 Å². The predicted octanol–water partition coefficient (Wildman–Crippen LogP) is 1.61. The Morgan fingerprint density at radius 3 is 2.59 bits per heavy atom. The van der Waals surface area contributed by atoms with Crippen LogP contribution in [0, 0.1) is 10.1 Å². The average Bonchev–Trinajstić information content (AvgIpc) is 2.49. The van der Waals surface area contributed by atoms with Crippen LogP contribution in [0.2, 0.25) is 0 Å². The number of carboxylic acid groups (broad SMARTS) is 1. The van der Waals surface area contributed by atoms with Gasteiger partial charge in [-0.3, -0.25) is 10.1 Å². The van der Waals surface area contributed by atoms with Gasteiger partial charge in [0.05, 0.1) is 11.0 Å². The molecule has 1 aliphatic rings. The molecule has 7 nitrogen and oxygen atoms in total. The topological polar surface area (TPSA) is 98.9 Å². The zero-order chi connectivity index (χ0) is 12.8. The van der Waals surface area contributed by atoms with E-state index in [9.17, 15) is 23.7 Å². The minimum Gasteiger partial charge on any atom is -0.478 e. The highest BCUT2D eigenvalue weighted by molar-refractivity contribution is 5.93. The van der Waals surface area contributed by atoms with E-state index in [2.05, 4.69) is 9.47 Å². The fourth-order valence-electron chi connectivity index (χ4n) is 1.30. The smallest absolute Gasteiger partial charge is 0.478 e. The first-order valence-electron chi connectivity index (χ1n) is 4.12. The fourth-order valence-corrected chi connectivity index (χ4v) is 1.30. The van der Waals surface area contributed by atoms with Gasteiger partial charge in [0.1, 0.15) is 5.56 Å². The number of aromatic carboxylic acids is 1. The fraction of sp³-hybridized carbons (Fsp3) is 0.125. The summed E-state index contributed by atoms with van der Waals surface area (Å²) in [5, 5.41) is 19.2. The zero-order valence-electron chi connectivity index (χ0n) is 7.85. The van der Waals surface area contributed by atoms with Crippen LogP contribution in [0.25, 0.3) is 0 Å². The Bertz CT molecular complexity index is 529. The summed E-state index contributed by atoms with van der Waals surface area (Å²) in [7, 11) is 0. The van der Waals surface area contributed by atoms with Crippen molar-refractivity contribution >= 4 is 11.7 Å². The van der Waals surface area contributed by atoms with Gasteiger partial charge in [-0.1, -0.05) is 0 Å². The van der Waals surface area contributed by atoms with E-state index in [1.54, 1.807) is 0 Å². The minimum absolute atomic E-state index is 0.617. The second-order valence-electron chi connectivity index (χ2n) is 3.05. The lowest BCUT2D eigenvalue weighted by Gasteiger charge is -2.04. The molecule has 0 fully saturated rings. The van der Waals surface area contributed by atoms with Gasteiger partial charge in [-0.15, -0.1) is 8.78 Å². The van der Waals surface area contributed by atoms with Gasteiger partial charge in [-0.05, 0) is 0 Å². The Morgan fingerprint density at radius 1 is 1.41 bits per heavy atom. The van der Waals surface area contributed by atoms with Crippen LogP contribution >= 0.6 is 0 Å². The van der Waals surface area contributed by atoms with Crippen LogP contribution in [0.5, 0.6) is 11.5 Å². The third-order valence-corrected chi connectivity index (χ3v) is 1.93. The van der Waals surface area contributed by atoms with E-state index in [0.29, 0.717) is 12.1 Å². The van der Waals surface area contributed by atoms with Crippen molar-refractivity contribution in [2.75, 3.05) is 0 Å². The number of non-ortho nitro benzene ring substituents is 1. The van der Waals surface area contributed by atoms with Crippen molar-refractivity contribution in [1.29, 1.82) is 0 Å². The number of hydrogen-bond donors (Lipinski definition) is 1. The molecule has 0 atom stereocenters. The number of benzene rings is 1. The van der Waals surface area contributed by atoms with Gasteiger partial charge in [0.15, 0.2) is 11.5 Å². The predicted molar refractivity (Wildman–Crippen MR) is 46.3 cm³/mol. The molecule has 1 aromatic carbocycles. The van der Waals surface area contributed by atoms with Gasteiger partial charge in [0, 0.05) is 6.07 Å². The monoisotopic (exact) mass is 247 g/mol. The van der Waals surface area contributed by atoms with Crippen LogP contribution in [-0.4, -0.2) is 22.3 Å². The number of nitrogens with zero attached hydrogens (tertiary/aromatic N) is 1. The maximum Gasteiger partial charge on any atom is 0.586 e. The van der Waals surface area contributed by atoms with E-state index in [-0.39, 0.29) is 0 Å². The molecule has 90 valence electrons. The first kappa shape index (κ1) is 11.0. The maximum absolute atomic E-state index is 12.7. The summed E-state index contributed by atoms with van der Waals surface area (Å²) >= 11 is 0. The number of carbonyl (C=O) groups is 1. The maximum atomic E-state index is 12.7. The number of hydrogen-bond acceptors (Lipinski definition) is 5. The zero-order valence-corrected chi connectivity index (χ0v) is 7.85. The molecule has 0 saturated carbocycles. The second kappa shape index (κ2) is 3.27. The molecule has 17 heavy (non-hydrogen) atoms. The van der Waals surface area contributed by atoms with Gasteiger partial charge in [-0.2, -0.15) is 0 Å². The summed E-state index contributed by atoms with van der Waals surface area (Å²) in [5.74, 6) is -3.04. The molecule has 9 heteroatoms. The van der Waals surface area contributed by atoms with E-state index in [1.165, 1.54) is 0 Å². The molecule has 1 N–H and O–H groups in total. The number of carboxylic acids is 1. The van der Waals surface area contributed by atoms with Crippen LogP contribution < -0.4 is 9.47 Å². The molecule has 0 radical (unpaired) electrons. The van der Waals surface area contributed by atoms with Gasteiger partial charge in [-0.25, -0.2) is 4.79 Å². The van der Waals surface area contributed by atoms with Crippen LogP contribution in [-0.2, 0) is 0 Å². The molecular weight excluding hydrogens is 244 g/mol. The summed E-state index contributed by atoms with van der Waals surface area (Å²) in [4.78, 5) is 20.3. The Hall–Kier alpha value is -2.45. The Labute approximate surface area is 91.3 Å². The Balaban J connectivity index is 2.62. The SMILES string of the molecule is O=C(O)c1cc([N+](=O)[O-])cc2c1OC(F)(F)O2. The number of fused-ring (bicyclic) bond motifs is 1. The molecule has 0 unspecified atom stereocenters. The number of ether oxygens (including phenoxy) is 2. The molecule has 1 heterocycles. The highest BCUT2D eigenvalue weighted by Gasteiger charge is 2.46. The van der Waals surface area contributed by atoms with Crippen LogP contribution in [0.3, 0.4) is 0 Å². The Kier molecular flexibility index (Phi) is 2.12. The highest BCUT2D eigenvalue weighted by atomic mass is 19.3. The first-order valence-corrected chi connectivity index (χ1v) is 4.12. The lowest BCUT2D eigenvalue weighted by Crippen LogP contribution is -2.26. The van der Waals surface area contributed by atoms with Gasteiger partial charge in [0.25, 0.3) is 5.69 Å². The quantitative estimate of drug-likeness (QED) is 0.629. The van der Waals surface area contributed by atoms with Crippen molar-refractivity contribution in [3.05, 3.63) is 27.8 Å². The third-order valence-electron chi connectivity index (χ3n) is 1.93. The number of halogens is 2. The molecule has 1 aromatic rings. The van der Waals surface area contributed by atoms with E-state index >= 15 is 0 Å². The third kappa shape index (κ3) is 1.82. The molecule has 0 aromatic heterocycles. The molecular formula is C8H3F2NO6. The lowest BCUT2D eigenvalue weighted by molar-refractivity contribution is -0.385. The molecule has 0 aliphatic carbocycles. The van der Waals surface area contributed by atoms with Gasteiger partial charge in [0.2, 0.25) is 0 Å². The summed E-state index contributed by atoms with van der Waals surface area (Å²) < 4.78 is 33.3. The summed E-state index contributed by atoms with van der Waals surface area (Å²) in [5.41, 5.74) is -1.44. The van der Waals surface area contributed by atoms with E-state index in [1.807, 2.05) is 0 Å². The van der Waals surface area contributed by atoms with Crippen LogP contribution in [0.1, 0.15) is 10.4 Å². The normalized spacial score (nSPS) is 15.6. The standard InChI is InChI=1S/C8H3F2NO6/c9-8(10)16-5-2-3(11(14)15)1-4(7(12)13)6(5)17-8/h1-2H,(H,12,13). The molecule has 0 bridgehead atoms. The second-order valence-corrected chi connectivity index (χ2v) is 3.05. The van der Waals surface area contributed by atoms with Crippen LogP contribution in [0.4, 0.5) is 14.5 Å². The van der Waals surface area contributed by atoms with E-state index in [0.717, 1.165) is 0 Å². The largest absolute Gasteiger partial charge is 0.586 e. The van der Waals surface area contributed by atoms with E-state index < -0.39 is 39.9 Å². The Morgan fingerprint density at radius 2 is 2.06 bits per heavy atom. The molecule has 0 amide bonds. The molecule has 1 aliphatic heterocycles. The number of nitro benzene ring substituents is 1. The lowest BCUT2D eigenvalue weighted by atomic mass is 10.1. The molecule has 0 spiro atoms. The van der Waals surface area contributed by atoms with Crippen molar-refractivity contribution < 1.29 is 33.1 Å². The van der Waals surface area contributed by atoms with Crippen LogP contribution in [0.15, 0.2) is 12.1 Å². The average molecular weight is 247 g/mol. The van der Waals surface area contributed by atoms with Crippen molar-refractivity contribution in [2.24, 2.45) is 0 Å². The van der Waals surface area contributed by atoms with Crippen molar-refractivity contribution in [3.8, 4) is 11.5 Å². The van der Waals surface area contributed by atoms with Crippen molar-refractivity contribution in [2.45, 2.75) is 6.29 Å². The summed E-state index contributed by atoms with van der Waals surface area (Å²) in [6.45, 7) is 0. The highest BCUT2D eigenvalue weighted by Crippen LogP contribution is 2.45. The number of nitro groups is 1. The number of rotatable bonds is 2. The van der Waals surface area contributed by atoms with Crippen molar-refractivity contribution in [1.82, 2.24) is 0 Å². The molecule has 2 rings (SSSR count).